The van der Waals surface area contributed by atoms with Gasteiger partial charge >= 0.3 is 0 Å². The molecule has 10 heteroatoms. The van der Waals surface area contributed by atoms with Crippen LogP contribution in [-0.4, -0.2) is 58.8 Å². The van der Waals surface area contributed by atoms with Gasteiger partial charge < -0.3 is 9.14 Å². The van der Waals surface area contributed by atoms with Gasteiger partial charge in [-0.2, -0.15) is 5.10 Å². The third-order valence-corrected chi connectivity index (χ3v) is 9.77. The summed E-state index contributed by atoms with van der Waals surface area (Å²) in [5.41, 5.74) is 6.88. The van der Waals surface area contributed by atoms with Crippen molar-refractivity contribution >= 4 is 39.1 Å². The van der Waals surface area contributed by atoms with E-state index in [0.717, 1.165) is 63.1 Å². The topological polar surface area (TPSA) is 78.3 Å². The minimum atomic E-state index is -0.00159. The first-order valence-electron chi connectivity index (χ1n) is 14.5. The van der Waals surface area contributed by atoms with Gasteiger partial charge in [-0.3, -0.25) is 4.90 Å². The number of hydrogen-bond donors (Lipinski definition) is 0. The maximum atomic E-state index is 6.02. The molecule has 206 valence electrons. The lowest BCUT2D eigenvalue weighted by Gasteiger charge is -2.38. The van der Waals surface area contributed by atoms with E-state index in [4.69, 9.17) is 14.8 Å². The van der Waals surface area contributed by atoms with Gasteiger partial charge in [0.2, 0.25) is 0 Å². The molecule has 3 aliphatic rings. The van der Waals surface area contributed by atoms with Crippen LogP contribution >= 0.6 is 22.6 Å². The molecule has 8 rings (SSSR count). The van der Waals surface area contributed by atoms with Crippen LogP contribution in [0.1, 0.15) is 62.4 Å². The lowest BCUT2D eigenvalue weighted by molar-refractivity contribution is -0.0366. The molecule has 0 bridgehead atoms. The third kappa shape index (κ3) is 4.53. The van der Waals surface area contributed by atoms with Crippen molar-refractivity contribution in [1.82, 2.24) is 39.1 Å². The number of pyridine rings is 1. The van der Waals surface area contributed by atoms with Crippen molar-refractivity contribution in [2.24, 2.45) is 5.41 Å². The van der Waals surface area contributed by atoms with Crippen LogP contribution in [0.25, 0.3) is 27.8 Å². The molecular formula is C30H33IN8O. The molecule has 0 amide bonds. The van der Waals surface area contributed by atoms with Crippen LogP contribution in [0.15, 0.2) is 49.1 Å². The number of aromatic nitrogens is 7. The molecule has 1 atom stereocenters. The normalized spacial score (nSPS) is 21.1. The van der Waals surface area contributed by atoms with Crippen molar-refractivity contribution in [3.05, 3.63) is 63.9 Å². The van der Waals surface area contributed by atoms with Gasteiger partial charge in [0.1, 0.15) is 11.3 Å². The summed E-state index contributed by atoms with van der Waals surface area (Å²) in [5, 5.41) is 14.8. The zero-order chi connectivity index (χ0) is 26.7. The summed E-state index contributed by atoms with van der Waals surface area (Å²) in [6.45, 7) is 4.87. The van der Waals surface area contributed by atoms with Crippen LogP contribution in [0.4, 0.5) is 0 Å². The van der Waals surface area contributed by atoms with Crippen LogP contribution in [0, 0.1) is 8.99 Å². The van der Waals surface area contributed by atoms with Crippen molar-refractivity contribution in [2.45, 2.75) is 64.3 Å². The molecule has 1 aromatic carbocycles. The summed E-state index contributed by atoms with van der Waals surface area (Å²) < 4.78 is 13.2. The first-order valence-corrected chi connectivity index (χ1v) is 15.6. The van der Waals surface area contributed by atoms with Gasteiger partial charge in [0.15, 0.2) is 6.23 Å². The maximum Gasteiger partial charge on any atom is 0.150 e. The zero-order valence-corrected chi connectivity index (χ0v) is 24.7. The minimum absolute atomic E-state index is 0.00159. The average Bonchev–Trinajstić information content (AvgIpc) is 3.74. The Morgan fingerprint density at radius 2 is 1.98 bits per heavy atom. The first-order chi connectivity index (χ1) is 19.6. The molecule has 1 spiro atoms. The Morgan fingerprint density at radius 3 is 2.80 bits per heavy atom. The van der Waals surface area contributed by atoms with Crippen molar-refractivity contribution in [2.75, 3.05) is 19.7 Å². The molecule has 2 saturated heterocycles. The number of benzene rings is 1. The van der Waals surface area contributed by atoms with E-state index >= 15 is 0 Å². The number of halogens is 1. The number of rotatable bonds is 6. The number of hydrogen-bond acceptors (Lipinski definition) is 6. The fraction of sp³-hybridized carbons (Fsp3) is 0.467. The molecule has 2 aliphatic heterocycles. The van der Waals surface area contributed by atoms with Crippen LogP contribution in [0.5, 0.6) is 0 Å². The van der Waals surface area contributed by atoms with Gasteiger partial charge in [-0.15, -0.1) is 5.10 Å². The monoisotopic (exact) mass is 648 g/mol. The Labute approximate surface area is 246 Å². The first kappa shape index (κ1) is 24.9. The molecule has 0 N–H and O–H groups in total. The van der Waals surface area contributed by atoms with Gasteiger partial charge in [-0.05, 0) is 96.8 Å². The second-order valence-electron chi connectivity index (χ2n) is 11.9. The molecule has 9 nitrogen and oxygen atoms in total. The second-order valence-corrected chi connectivity index (χ2v) is 13.2. The van der Waals surface area contributed by atoms with Crippen LogP contribution < -0.4 is 0 Å². The Balaban J connectivity index is 1.01. The lowest BCUT2D eigenvalue weighted by Crippen LogP contribution is -2.32. The minimum Gasteiger partial charge on any atom is -0.356 e. The molecule has 1 unspecified atom stereocenters. The summed E-state index contributed by atoms with van der Waals surface area (Å²) in [4.78, 5) is 7.49. The summed E-state index contributed by atoms with van der Waals surface area (Å²) >= 11 is 2.37. The van der Waals surface area contributed by atoms with Crippen molar-refractivity contribution in [1.29, 1.82) is 0 Å². The highest BCUT2D eigenvalue weighted by atomic mass is 127. The average molecular weight is 649 g/mol. The van der Waals surface area contributed by atoms with E-state index in [2.05, 4.69) is 78.9 Å². The summed E-state index contributed by atoms with van der Waals surface area (Å²) in [7, 11) is 0. The van der Waals surface area contributed by atoms with E-state index < -0.39 is 0 Å². The fourth-order valence-electron chi connectivity index (χ4n) is 6.90. The Morgan fingerprint density at radius 1 is 1.02 bits per heavy atom. The molecule has 4 aromatic heterocycles. The lowest BCUT2D eigenvalue weighted by atomic mass is 9.68. The van der Waals surface area contributed by atoms with Crippen LogP contribution in [0.2, 0.25) is 0 Å². The van der Waals surface area contributed by atoms with Crippen LogP contribution in [0.3, 0.4) is 0 Å². The predicted molar refractivity (Wildman–Crippen MR) is 161 cm³/mol. The van der Waals surface area contributed by atoms with E-state index in [1.807, 2.05) is 21.8 Å². The largest absolute Gasteiger partial charge is 0.356 e. The quantitative estimate of drug-likeness (QED) is 0.221. The van der Waals surface area contributed by atoms with Crippen molar-refractivity contribution in [3.63, 3.8) is 0 Å². The third-order valence-electron chi connectivity index (χ3n) is 9.15. The highest BCUT2D eigenvalue weighted by Gasteiger charge is 2.42. The molecule has 1 saturated carbocycles. The van der Waals surface area contributed by atoms with E-state index in [-0.39, 0.29) is 6.23 Å². The summed E-state index contributed by atoms with van der Waals surface area (Å²) in [6, 6.07) is 8.70. The van der Waals surface area contributed by atoms with Gasteiger partial charge in [0.25, 0.3) is 0 Å². The second kappa shape index (κ2) is 9.92. The SMILES string of the molecule is Ic1cc(-c2cn(Cc3cn4cc(CN5CCC6(CCC6)C5)ccc4n3)nn2)c2cnn(C3CCCCO3)c2c1. The zero-order valence-electron chi connectivity index (χ0n) is 22.5. The smallest absolute Gasteiger partial charge is 0.150 e. The van der Waals surface area contributed by atoms with E-state index in [9.17, 15) is 0 Å². The van der Waals surface area contributed by atoms with E-state index in [1.165, 1.54) is 50.8 Å². The van der Waals surface area contributed by atoms with Crippen molar-refractivity contribution < 1.29 is 4.74 Å². The molecule has 5 aromatic rings. The van der Waals surface area contributed by atoms with E-state index in [0.29, 0.717) is 12.0 Å². The van der Waals surface area contributed by atoms with Gasteiger partial charge in [-0.25, -0.2) is 14.3 Å². The van der Waals surface area contributed by atoms with Crippen LogP contribution in [-0.2, 0) is 17.8 Å². The van der Waals surface area contributed by atoms with Crippen molar-refractivity contribution in [3.8, 4) is 11.3 Å². The molecule has 0 radical (unpaired) electrons. The Hall–Kier alpha value is -2.83. The molecule has 6 heterocycles. The molecule has 3 fully saturated rings. The molecule has 1 aliphatic carbocycles. The highest BCUT2D eigenvalue weighted by Crippen LogP contribution is 2.48. The van der Waals surface area contributed by atoms with Gasteiger partial charge in [0, 0.05) is 46.6 Å². The van der Waals surface area contributed by atoms with E-state index in [1.54, 1.807) is 0 Å². The Kier molecular flexibility index (Phi) is 6.18. The maximum absolute atomic E-state index is 6.02. The fourth-order valence-corrected chi connectivity index (χ4v) is 7.51. The number of imidazole rings is 1. The van der Waals surface area contributed by atoms with Gasteiger partial charge in [-0.1, -0.05) is 17.7 Å². The summed E-state index contributed by atoms with van der Waals surface area (Å²) in [5.74, 6) is 0. The standard InChI is InChI=1S/C30H33IN8O/c31-22-12-24(25-14-32-39(27(25)13-22)29-4-1-2-11-40-29)26-19-38(35-34-26)18-23-17-37-16-21(5-6-28(37)33-23)15-36-10-9-30(20-36)7-3-8-30/h5-6,12-14,16-17,19,29H,1-4,7-11,15,18,20H2. The molecule has 40 heavy (non-hydrogen) atoms. The summed E-state index contributed by atoms with van der Waals surface area (Å²) in [6.07, 6.45) is 17.2. The molecular weight excluding hydrogens is 615 g/mol. The predicted octanol–water partition coefficient (Wildman–Crippen LogP) is 5.67. The number of nitrogens with zero attached hydrogens (tertiary/aromatic N) is 8. The van der Waals surface area contributed by atoms with Gasteiger partial charge in [0.05, 0.1) is 30.1 Å². The number of fused-ring (bicyclic) bond motifs is 2. The number of ether oxygens (including phenoxy) is 1. The Bertz CT molecular complexity index is 1690. The highest BCUT2D eigenvalue weighted by molar-refractivity contribution is 14.1. The number of likely N-dealkylation sites (tertiary alicyclic amines) is 1.